The van der Waals surface area contributed by atoms with Crippen LogP contribution in [0.1, 0.15) is 32.4 Å². The number of nitrogen functional groups attached to an aromatic ring is 1. The maximum absolute atomic E-state index is 11.4. The standard InChI is InChI=1S/C15H21N5O5/c1-2-24-9(21)5-3-4-8-11(22)12(23)15(25-8)20-7-19-10-13(16)17-6-18-14(10)20/h6-8,11-12,15,22-23H,2-5H2,1H3,(H2,16,17,18). The third-order valence-electron chi connectivity index (χ3n) is 4.17. The molecular weight excluding hydrogens is 330 g/mol. The fourth-order valence-corrected chi connectivity index (χ4v) is 2.93. The lowest BCUT2D eigenvalue weighted by Crippen LogP contribution is -2.31. The van der Waals surface area contributed by atoms with E-state index in [0.29, 0.717) is 30.6 Å². The van der Waals surface area contributed by atoms with Gasteiger partial charge in [0.05, 0.1) is 19.0 Å². The van der Waals surface area contributed by atoms with Gasteiger partial charge in [-0.3, -0.25) is 9.36 Å². The molecule has 2 aromatic heterocycles. The summed E-state index contributed by atoms with van der Waals surface area (Å²) in [6, 6.07) is 0. The van der Waals surface area contributed by atoms with Crippen molar-refractivity contribution in [3.8, 4) is 0 Å². The van der Waals surface area contributed by atoms with Crippen LogP contribution in [0.4, 0.5) is 5.82 Å². The van der Waals surface area contributed by atoms with Crippen molar-refractivity contribution < 1.29 is 24.5 Å². The Labute approximate surface area is 143 Å². The molecule has 0 spiro atoms. The number of carbonyl (C=O) groups excluding carboxylic acids is 1. The lowest BCUT2D eigenvalue weighted by molar-refractivity contribution is -0.143. The number of carbonyl (C=O) groups is 1. The van der Waals surface area contributed by atoms with Crippen molar-refractivity contribution in [2.45, 2.75) is 50.7 Å². The van der Waals surface area contributed by atoms with Gasteiger partial charge in [-0.2, -0.15) is 0 Å². The largest absolute Gasteiger partial charge is 0.466 e. The number of aromatic nitrogens is 4. The first-order valence-electron chi connectivity index (χ1n) is 8.13. The van der Waals surface area contributed by atoms with Gasteiger partial charge in [-0.15, -0.1) is 0 Å². The molecule has 0 amide bonds. The van der Waals surface area contributed by atoms with Gasteiger partial charge >= 0.3 is 5.97 Å². The lowest BCUT2D eigenvalue weighted by Gasteiger charge is -2.16. The van der Waals surface area contributed by atoms with E-state index >= 15 is 0 Å². The number of nitrogens with zero attached hydrogens (tertiary/aromatic N) is 4. The highest BCUT2D eigenvalue weighted by molar-refractivity contribution is 5.81. The predicted molar refractivity (Wildman–Crippen MR) is 86.1 cm³/mol. The number of hydrogen-bond donors (Lipinski definition) is 3. The zero-order chi connectivity index (χ0) is 18.0. The molecule has 10 heteroatoms. The van der Waals surface area contributed by atoms with Crippen molar-refractivity contribution in [3.63, 3.8) is 0 Å². The highest BCUT2D eigenvalue weighted by Crippen LogP contribution is 2.33. The van der Waals surface area contributed by atoms with Gasteiger partial charge in [0.25, 0.3) is 0 Å². The summed E-state index contributed by atoms with van der Waals surface area (Å²) in [6.07, 6.45) is 0.190. The van der Waals surface area contributed by atoms with E-state index in [1.54, 1.807) is 6.92 Å². The molecular formula is C15H21N5O5. The molecule has 0 aliphatic carbocycles. The van der Waals surface area contributed by atoms with E-state index in [0.717, 1.165) is 0 Å². The maximum Gasteiger partial charge on any atom is 0.305 e. The van der Waals surface area contributed by atoms with Gasteiger partial charge in [-0.1, -0.05) is 0 Å². The van der Waals surface area contributed by atoms with Crippen LogP contribution in [0.5, 0.6) is 0 Å². The number of imidazole rings is 1. The molecule has 3 heterocycles. The Kier molecular flexibility index (Phi) is 5.11. The van der Waals surface area contributed by atoms with Crippen LogP contribution in [0.2, 0.25) is 0 Å². The number of ether oxygens (including phenoxy) is 2. The number of fused-ring (bicyclic) bond motifs is 1. The lowest BCUT2D eigenvalue weighted by atomic mass is 10.0. The third-order valence-corrected chi connectivity index (χ3v) is 4.17. The van der Waals surface area contributed by atoms with E-state index in [9.17, 15) is 15.0 Å². The summed E-state index contributed by atoms with van der Waals surface area (Å²) in [4.78, 5) is 23.5. The summed E-state index contributed by atoms with van der Waals surface area (Å²) in [5.74, 6) is -0.0670. The fourth-order valence-electron chi connectivity index (χ4n) is 2.93. The summed E-state index contributed by atoms with van der Waals surface area (Å²) < 4.78 is 12.2. The summed E-state index contributed by atoms with van der Waals surface area (Å²) in [5, 5.41) is 20.6. The third kappa shape index (κ3) is 3.41. The molecule has 0 radical (unpaired) electrons. The van der Waals surface area contributed by atoms with E-state index in [1.165, 1.54) is 17.2 Å². The number of anilines is 1. The van der Waals surface area contributed by atoms with E-state index in [4.69, 9.17) is 15.2 Å². The Morgan fingerprint density at radius 3 is 2.92 bits per heavy atom. The van der Waals surface area contributed by atoms with Gasteiger partial charge in [-0.05, 0) is 19.8 Å². The average molecular weight is 351 g/mol. The number of aliphatic hydroxyl groups is 2. The first-order valence-corrected chi connectivity index (χ1v) is 8.13. The molecule has 1 saturated heterocycles. The fraction of sp³-hybridized carbons (Fsp3) is 0.600. The molecule has 4 N–H and O–H groups in total. The minimum absolute atomic E-state index is 0.225. The topological polar surface area (TPSA) is 146 Å². The Hall–Kier alpha value is -2.30. The molecule has 0 aromatic carbocycles. The number of rotatable bonds is 6. The molecule has 2 aromatic rings. The summed E-state index contributed by atoms with van der Waals surface area (Å²) in [5.41, 5.74) is 6.57. The van der Waals surface area contributed by atoms with E-state index in [2.05, 4.69) is 15.0 Å². The van der Waals surface area contributed by atoms with Gasteiger partial charge in [0, 0.05) is 6.42 Å². The van der Waals surface area contributed by atoms with Crippen LogP contribution in [-0.4, -0.2) is 60.6 Å². The van der Waals surface area contributed by atoms with Crippen molar-refractivity contribution in [2.24, 2.45) is 0 Å². The Balaban J connectivity index is 1.69. The van der Waals surface area contributed by atoms with Gasteiger partial charge in [-0.25, -0.2) is 15.0 Å². The zero-order valence-electron chi connectivity index (χ0n) is 13.8. The number of aliphatic hydroxyl groups excluding tert-OH is 2. The number of esters is 1. The Morgan fingerprint density at radius 1 is 1.36 bits per heavy atom. The molecule has 4 unspecified atom stereocenters. The van der Waals surface area contributed by atoms with E-state index in [-0.39, 0.29) is 18.2 Å². The van der Waals surface area contributed by atoms with Crippen LogP contribution in [0.25, 0.3) is 11.2 Å². The molecule has 4 atom stereocenters. The van der Waals surface area contributed by atoms with Crippen LogP contribution in [0, 0.1) is 0 Å². The molecule has 136 valence electrons. The summed E-state index contributed by atoms with van der Waals surface area (Å²) in [6.45, 7) is 2.08. The molecule has 0 bridgehead atoms. The zero-order valence-corrected chi connectivity index (χ0v) is 13.8. The molecule has 1 aliphatic rings. The smallest absolute Gasteiger partial charge is 0.305 e. The van der Waals surface area contributed by atoms with Crippen molar-refractivity contribution >= 4 is 23.0 Å². The quantitative estimate of drug-likeness (QED) is 0.600. The second-order valence-electron chi connectivity index (χ2n) is 5.83. The SMILES string of the molecule is CCOC(=O)CCCC1OC(n2cnc3c(N)ncnc32)C(O)C1O. The van der Waals surface area contributed by atoms with E-state index in [1.807, 2.05) is 0 Å². The molecule has 10 nitrogen and oxygen atoms in total. The molecule has 1 aliphatic heterocycles. The highest BCUT2D eigenvalue weighted by Gasteiger charge is 2.43. The summed E-state index contributed by atoms with van der Waals surface area (Å²) in [7, 11) is 0. The minimum Gasteiger partial charge on any atom is -0.466 e. The highest BCUT2D eigenvalue weighted by atomic mass is 16.6. The van der Waals surface area contributed by atoms with Gasteiger partial charge < -0.3 is 25.4 Å². The molecule has 0 saturated carbocycles. The second kappa shape index (κ2) is 7.30. The second-order valence-corrected chi connectivity index (χ2v) is 5.83. The van der Waals surface area contributed by atoms with E-state index < -0.39 is 24.5 Å². The van der Waals surface area contributed by atoms with Crippen LogP contribution >= 0.6 is 0 Å². The van der Waals surface area contributed by atoms with Crippen LogP contribution < -0.4 is 5.73 Å². The van der Waals surface area contributed by atoms with Crippen molar-refractivity contribution in [2.75, 3.05) is 12.3 Å². The van der Waals surface area contributed by atoms with Gasteiger partial charge in [0.1, 0.15) is 24.1 Å². The predicted octanol–water partition coefficient (Wildman–Crippen LogP) is -0.239. The van der Waals surface area contributed by atoms with Crippen LogP contribution in [0.15, 0.2) is 12.7 Å². The number of nitrogens with two attached hydrogens (primary N) is 1. The normalized spacial score (nSPS) is 26.2. The van der Waals surface area contributed by atoms with Gasteiger partial charge in [0.15, 0.2) is 17.7 Å². The first kappa shape index (κ1) is 17.5. The van der Waals surface area contributed by atoms with Crippen LogP contribution in [0.3, 0.4) is 0 Å². The summed E-state index contributed by atoms with van der Waals surface area (Å²) >= 11 is 0. The minimum atomic E-state index is -1.15. The molecule has 1 fully saturated rings. The maximum atomic E-state index is 11.4. The van der Waals surface area contributed by atoms with Crippen LogP contribution in [-0.2, 0) is 14.3 Å². The number of hydrogen-bond acceptors (Lipinski definition) is 9. The van der Waals surface area contributed by atoms with Crippen molar-refractivity contribution in [1.29, 1.82) is 0 Å². The average Bonchev–Trinajstić information content (AvgIpc) is 3.12. The van der Waals surface area contributed by atoms with Gasteiger partial charge in [0.2, 0.25) is 0 Å². The van der Waals surface area contributed by atoms with Crippen molar-refractivity contribution in [1.82, 2.24) is 19.5 Å². The Bertz CT molecular complexity index is 751. The molecule has 25 heavy (non-hydrogen) atoms. The Morgan fingerprint density at radius 2 is 2.16 bits per heavy atom. The van der Waals surface area contributed by atoms with Crippen molar-refractivity contribution in [3.05, 3.63) is 12.7 Å². The first-order chi connectivity index (χ1) is 12.0. The monoisotopic (exact) mass is 351 g/mol. The molecule has 3 rings (SSSR count).